The van der Waals surface area contributed by atoms with Gasteiger partial charge >= 0.3 is 0 Å². The van der Waals surface area contributed by atoms with Crippen LogP contribution in [-0.2, 0) is 0 Å². The summed E-state index contributed by atoms with van der Waals surface area (Å²) in [6, 6.07) is 7.59. The van der Waals surface area contributed by atoms with Crippen LogP contribution < -0.4 is 0 Å². The minimum Gasteiger partial charge on any atom is -0.192 e. The van der Waals surface area contributed by atoms with E-state index in [1.54, 1.807) is 0 Å². The molecule has 0 bridgehead atoms. The highest BCUT2D eigenvalue weighted by Crippen LogP contribution is 2.41. The van der Waals surface area contributed by atoms with Gasteiger partial charge in [-0.15, -0.1) is 11.1 Å². The van der Waals surface area contributed by atoms with Gasteiger partial charge in [0, 0.05) is 0 Å². The van der Waals surface area contributed by atoms with E-state index >= 15 is 0 Å². The highest BCUT2D eigenvalue weighted by atomic mass is 28.3. The lowest BCUT2D eigenvalue weighted by Gasteiger charge is -2.38. The average Bonchev–Trinajstić information content (AvgIpc) is 2.86. The summed E-state index contributed by atoms with van der Waals surface area (Å²) in [5, 5.41) is 38.1. The Hall–Kier alpha value is -3.89. The van der Waals surface area contributed by atoms with Crippen molar-refractivity contribution in [1.29, 1.82) is 21.0 Å². The van der Waals surface area contributed by atoms with Crippen LogP contribution in [0.2, 0.25) is 33.2 Å². The molecule has 0 spiro atoms. The third kappa shape index (κ3) is 8.30. The average molecular weight is 563 g/mol. The monoisotopic (exact) mass is 562 g/mol. The Bertz CT molecular complexity index is 1240. The fraction of sp³-hybridized carbons (Fsp3) is 0.529. The molecule has 0 aromatic carbocycles. The molecule has 0 saturated carbocycles. The quantitative estimate of drug-likeness (QED) is 0.185. The van der Waals surface area contributed by atoms with Gasteiger partial charge in [-0.05, 0) is 56.9 Å². The first-order valence-electron chi connectivity index (χ1n) is 13.8. The van der Waals surface area contributed by atoms with Gasteiger partial charge in [0.25, 0.3) is 0 Å². The predicted molar refractivity (Wildman–Crippen MR) is 170 cm³/mol. The molecule has 6 heteroatoms. The summed E-state index contributed by atoms with van der Waals surface area (Å²) < 4.78 is 0. The Morgan fingerprint density at radius 1 is 0.375 bits per heavy atom. The molecule has 0 aromatic rings. The molecular weight excluding hydrogens is 521 g/mol. The van der Waals surface area contributed by atoms with Crippen molar-refractivity contribution in [2.45, 2.75) is 116 Å². The van der Waals surface area contributed by atoms with Crippen molar-refractivity contribution in [3.05, 3.63) is 22.3 Å². The summed E-state index contributed by atoms with van der Waals surface area (Å²) in [5.41, 5.74) is 9.22. The molecule has 0 saturated heterocycles. The smallest absolute Gasteiger partial charge is 0.153 e. The highest BCUT2D eigenvalue weighted by molar-refractivity contribution is 6.91. The van der Waals surface area contributed by atoms with Gasteiger partial charge in [0.15, 0.2) is 11.1 Å². The van der Waals surface area contributed by atoms with Crippen LogP contribution in [-0.4, -0.2) is 16.1 Å². The lowest BCUT2D eigenvalue weighted by atomic mass is 10.1. The van der Waals surface area contributed by atoms with Crippen molar-refractivity contribution < 1.29 is 0 Å². The number of allylic oxidation sites excluding steroid dienone is 4. The van der Waals surface area contributed by atoms with Gasteiger partial charge in [-0.25, -0.2) is 0 Å². The maximum absolute atomic E-state index is 9.53. The van der Waals surface area contributed by atoms with E-state index in [0.717, 1.165) is 0 Å². The van der Waals surface area contributed by atoms with Gasteiger partial charge in [0.2, 0.25) is 0 Å². The van der Waals surface area contributed by atoms with Crippen molar-refractivity contribution in [3.63, 3.8) is 0 Å². The van der Waals surface area contributed by atoms with Gasteiger partial charge in [0.1, 0.15) is 51.6 Å². The predicted octanol–water partition coefficient (Wildman–Crippen LogP) is 8.12. The second-order valence-corrected chi connectivity index (χ2v) is 22.9. The van der Waals surface area contributed by atoms with Crippen molar-refractivity contribution in [2.24, 2.45) is 0 Å². The molecule has 0 rings (SSSR count). The highest BCUT2D eigenvalue weighted by Gasteiger charge is 2.42. The second-order valence-electron chi connectivity index (χ2n) is 11.7. The van der Waals surface area contributed by atoms with Crippen LogP contribution in [0.15, 0.2) is 22.3 Å². The van der Waals surface area contributed by atoms with Crippen LogP contribution >= 0.6 is 0 Å². The third-order valence-corrected chi connectivity index (χ3v) is 20.5. The lowest BCUT2D eigenvalue weighted by Crippen LogP contribution is -2.43. The molecular formula is C34H42N4Si2. The minimum absolute atomic E-state index is 0.140. The van der Waals surface area contributed by atoms with E-state index in [1.165, 1.54) is 0 Å². The Balaban J connectivity index is 7.14. The zero-order chi connectivity index (χ0) is 31.3. The summed E-state index contributed by atoms with van der Waals surface area (Å²) >= 11 is 0. The van der Waals surface area contributed by atoms with E-state index in [4.69, 9.17) is 0 Å². The van der Waals surface area contributed by atoms with Crippen molar-refractivity contribution >= 4 is 16.1 Å². The molecule has 0 fully saturated rings. The second kappa shape index (κ2) is 16.3. The molecule has 0 unspecified atom stereocenters. The maximum atomic E-state index is 9.53. The number of hydrogen-bond donors (Lipinski definition) is 0. The Morgan fingerprint density at radius 3 is 0.775 bits per heavy atom. The number of hydrogen-bond acceptors (Lipinski definition) is 4. The van der Waals surface area contributed by atoms with E-state index in [0.29, 0.717) is 33.2 Å². The first kappa shape index (κ1) is 36.1. The first-order valence-corrected chi connectivity index (χ1v) is 18.3. The molecule has 0 aliphatic heterocycles. The molecule has 0 radical (unpaired) electrons. The third-order valence-electron chi connectivity index (χ3n) is 7.92. The van der Waals surface area contributed by atoms with Crippen LogP contribution in [0.4, 0.5) is 0 Å². The molecule has 4 nitrogen and oxygen atoms in total. The van der Waals surface area contributed by atoms with E-state index < -0.39 is 16.1 Å². The van der Waals surface area contributed by atoms with Gasteiger partial charge in [-0.3, -0.25) is 0 Å². The molecule has 0 amide bonds. The topological polar surface area (TPSA) is 95.2 Å². The van der Waals surface area contributed by atoms with E-state index in [9.17, 15) is 21.0 Å². The molecule has 0 N–H and O–H groups in total. The van der Waals surface area contributed by atoms with Crippen LogP contribution in [0.5, 0.6) is 0 Å². The van der Waals surface area contributed by atoms with Gasteiger partial charge in [-0.1, -0.05) is 94.9 Å². The molecule has 206 valence electrons. The van der Waals surface area contributed by atoms with Crippen LogP contribution in [0, 0.1) is 91.9 Å². The van der Waals surface area contributed by atoms with Gasteiger partial charge in [0.05, 0.1) is 0 Å². The fourth-order valence-corrected chi connectivity index (χ4v) is 16.4. The number of rotatable bonds is 6. The summed E-state index contributed by atoms with van der Waals surface area (Å²) in [4.78, 5) is 0. The Morgan fingerprint density at radius 2 is 0.600 bits per heavy atom. The number of nitrogens with zero attached hydrogens (tertiary/aromatic N) is 4. The molecule has 0 aromatic heterocycles. The van der Waals surface area contributed by atoms with Crippen LogP contribution in [0.25, 0.3) is 0 Å². The summed E-state index contributed by atoms with van der Waals surface area (Å²) in [5.74, 6) is 17.2. The molecule has 0 aliphatic carbocycles. The van der Waals surface area contributed by atoms with E-state index in [2.05, 4.69) is 130 Å². The fourth-order valence-electron chi connectivity index (χ4n) is 5.98. The zero-order valence-corrected chi connectivity index (χ0v) is 28.3. The molecule has 0 aliphatic rings. The summed E-state index contributed by atoms with van der Waals surface area (Å²) in [6.07, 6.45) is 0. The van der Waals surface area contributed by atoms with Crippen LogP contribution in [0.1, 0.15) is 83.1 Å². The van der Waals surface area contributed by atoms with Crippen LogP contribution in [0.3, 0.4) is 0 Å². The largest absolute Gasteiger partial charge is 0.192 e. The Kier molecular flexibility index (Phi) is 14.7. The van der Waals surface area contributed by atoms with Crippen molar-refractivity contribution in [3.8, 4) is 70.9 Å². The van der Waals surface area contributed by atoms with Gasteiger partial charge in [-0.2, -0.15) is 21.0 Å². The SMILES string of the molecule is CC(C)[Si](C#CC(C#CC#CC(C#C[Si](C(C)C)(C(C)C)C(C)C)=C(C#N)C#N)=C(C#N)C#N)(C(C)C)C(C)C. The lowest BCUT2D eigenvalue weighted by molar-refractivity contribution is 0.838. The van der Waals surface area contributed by atoms with E-state index in [1.807, 2.05) is 24.3 Å². The Labute approximate surface area is 246 Å². The zero-order valence-electron chi connectivity index (χ0n) is 26.3. The minimum atomic E-state index is -2.12. The van der Waals surface area contributed by atoms with Gasteiger partial charge < -0.3 is 0 Å². The molecule has 0 heterocycles. The first-order chi connectivity index (χ1) is 18.6. The summed E-state index contributed by atoms with van der Waals surface area (Å²) in [7, 11) is -4.24. The maximum Gasteiger partial charge on any atom is 0.153 e. The molecule has 40 heavy (non-hydrogen) atoms. The van der Waals surface area contributed by atoms with E-state index in [-0.39, 0.29) is 22.3 Å². The normalized spacial score (nSPS) is 10.4. The standard InChI is InChI=1S/C34H42N4Si2/c1-25(2)39(26(3)4,27(5)6)19-17-31(33(21-35)22-36)15-13-14-16-32(34(23-37)24-38)18-20-40(28(7)8,29(9)10)30(11)12/h25-30H,1-12H3. The van der Waals surface area contributed by atoms with Crippen molar-refractivity contribution in [2.75, 3.05) is 0 Å². The number of nitriles is 4. The summed E-state index contributed by atoms with van der Waals surface area (Å²) in [6.45, 7) is 26.2. The van der Waals surface area contributed by atoms with Crippen molar-refractivity contribution in [1.82, 2.24) is 0 Å². The molecule has 0 atom stereocenters.